The monoisotopic (exact) mass is 138 g/mol. The first kappa shape index (κ1) is 8.95. The number of hydrogen-bond donors (Lipinski definition) is 1. The predicted octanol–water partition coefficient (Wildman–Crippen LogP) is 1.84. The summed E-state index contributed by atoms with van der Waals surface area (Å²) in [6, 6.07) is 0. The lowest BCUT2D eigenvalue weighted by Gasteiger charge is -1.92. The lowest BCUT2D eigenvalue weighted by atomic mass is 10.2. The van der Waals surface area contributed by atoms with Gasteiger partial charge in [-0.15, -0.1) is 0 Å². The van der Waals surface area contributed by atoms with Gasteiger partial charge < -0.3 is 5.73 Å². The van der Waals surface area contributed by atoms with Crippen LogP contribution < -0.4 is 5.73 Å². The minimum Gasteiger partial charge on any atom is -0.384 e. The van der Waals surface area contributed by atoms with E-state index in [9.17, 15) is 0 Å². The standard InChI is InChI=1S/C8H14N2/c1-6(2)5-7(3)10-8(4)9/h5H,4,9H2,1-3H3/b10-7-. The second-order valence-corrected chi connectivity index (χ2v) is 2.47. The molecule has 56 valence electrons. The molecule has 2 nitrogen and oxygen atoms in total. The normalized spacial score (nSPS) is 10.9. The van der Waals surface area contributed by atoms with Crippen LogP contribution in [0.3, 0.4) is 0 Å². The fraction of sp³-hybridized carbons (Fsp3) is 0.375. The van der Waals surface area contributed by atoms with Crippen molar-refractivity contribution in [1.29, 1.82) is 0 Å². The van der Waals surface area contributed by atoms with Crippen molar-refractivity contribution in [2.45, 2.75) is 20.8 Å². The van der Waals surface area contributed by atoms with E-state index in [2.05, 4.69) is 11.6 Å². The summed E-state index contributed by atoms with van der Waals surface area (Å²) in [6.07, 6.45) is 1.96. The number of nitrogens with two attached hydrogens (primary N) is 1. The van der Waals surface area contributed by atoms with Crippen molar-refractivity contribution < 1.29 is 0 Å². The Balaban J connectivity index is 4.22. The van der Waals surface area contributed by atoms with E-state index in [0.717, 1.165) is 5.71 Å². The quantitative estimate of drug-likeness (QED) is 0.581. The van der Waals surface area contributed by atoms with Crippen LogP contribution in [-0.2, 0) is 0 Å². The molecule has 0 aliphatic heterocycles. The van der Waals surface area contributed by atoms with Gasteiger partial charge in [-0.1, -0.05) is 12.2 Å². The summed E-state index contributed by atoms with van der Waals surface area (Å²) in [5, 5.41) is 0. The van der Waals surface area contributed by atoms with Gasteiger partial charge in [-0.25, -0.2) is 4.99 Å². The summed E-state index contributed by atoms with van der Waals surface area (Å²) in [6.45, 7) is 9.38. The van der Waals surface area contributed by atoms with Gasteiger partial charge in [0.15, 0.2) is 0 Å². The topological polar surface area (TPSA) is 38.4 Å². The van der Waals surface area contributed by atoms with Crippen LogP contribution in [0.15, 0.2) is 29.0 Å². The van der Waals surface area contributed by atoms with Gasteiger partial charge in [0.1, 0.15) is 5.82 Å². The van der Waals surface area contributed by atoms with E-state index in [1.807, 2.05) is 26.8 Å². The summed E-state index contributed by atoms with van der Waals surface area (Å²) in [5.41, 5.74) is 7.36. The first-order chi connectivity index (χ1) is 4.52. The van der Waals surface area contributed by atoms with Crippen molar-refractivity contribution in [3.63, 3.8) is 0 Å². The minimum atomic E-state index is 0.356. The third-order valence-corrected chi connectivity index (χ3v) is 0.818. The number of hydrogen-bond acceptors (Lipinski definition) is 2. The maximum atomic E-state index is 5.26. The van der Waals surface area contributed by atoms with E-state index in [4.69, 9.17) is 5.73 Å². The van der Waals surface area contributed by atoms with Crippen LogP contribution in [0.25, 0.3) is 0 Å². The van der Waals surface area contributed by atoms with E-state index < -0.39 is 0 Å². The minimum absolute atomic E-state index is 0.356. The second kappa shape index (κ2) is 3.88. The number of aliphatic imine (C=N–C) groups is 1. The molecule has 0 aromatic rings. The molecular formula is C8H14N2. The molecule has 0 spiro atoms. The Morgan fingerprint density at radius 2 is 1.90 bits per heavy atom. The van der Waals surface area contributed by atoms with Crippen LogP contribution in [0, 0.1) is 0 Å². The molecule has 0 radical (unpaired) electrons. The summed E-state index contributed by atoms with van der Waals surface area (Å²) < 4.78 is 0. The molecule has 0 aromatic heterocycles. The lowest BCUT2D eigenvalue weighted by Crippen LogP contribution is -1.94. The summed E-state index contributed by atoms with van der Waals surface area (Å²) in [7, 11) is 0. The molecule has 0 saturated carbocycles. The van der Waals surface area contributed by atoms with E-state index >= 15 is 0 Å². The lowest BCUT2D eigenvalue weighted by molar-refractivity contribution is 1.26. The van der Waals surface area contributed by atoms with Gasteiger partial charge in [0.25, 0.3) is 0 Å². The molecule has 0 unspecified atom stereocenters. The van der Waals surface area contributed by atoms with Crippen LogP contribution in [0.4, 0.5) is 0 Å². The van der Waals surface area contributed by atoms with Crippen molar-refractivity contribution in [3.8, 4) is 0 Å². The van der Waals surface area contributed by atoms with Crippen LogP contribution in [0.5, 0.6) is 0 Å². The third-order valence-electron chi connectivity index (χ3n) is 0.818. The number of allylic oxidation sites excluding steroid dienone is 2. The zero-order valence-electron chi connectivity index (χ0n) is 6.81. The summed E-state index contributed by atoms with van der Waals surface area (Å²) >= 11 is 0. The molecule has 0 aliphatic carbocycles. The van der Waals surface area contributed by atoms with Crippen LogP contribution in [0.1, 0.15) is 20.8 Å². The first-order valence-electron chi connectivity index (χ1n) is 3.17. The van der Waals surface area contributed by atoms with E-state index in [0.29, 0.717) is 5.82 Å². The molecule has 2 heteroatoms. The van der Waals surface area contributed by atoms with Crippen LogP contribution in [0.2, 0.25) is 0 Å². The molecule has 0 amide bonds. The van der Waals surface area contributed by atoms with Gasteiger partial charge in [0.2, 0.25) is 0 Å². The second-order valence-electron chi connectivity index (χ2n) is 2.47. The Kier molecular flexibility index (Phi) is 3.47. The molecule has 0 heterocycles. The molecule has 0 fully saturated rings. The smallest absolute Gasteiger partial charge is 0.116 e. The third kappa shape index (κ3) is 5.09. The predicted molar refractivity (Wildman–Crippen MR) is 45.9 cm³/mol. The van der Waals surface area contributed by atoms with Crippen molar-refractivity contribution in [3.05, 3.63) is 24.0 Å². The van der Waals surface area contributed by atoms with Gasteiger partial charge in [0, 0.05) is 5.71 Å². The molecule has 10 heavy (non-hydrogen) atoms. The average molecular weight is 138 g/mol. The van der Waals surface area contributed by atoms with E-state index in [-0.39, 0.29) is 0 Å². The molecule has 0 aliphatic rings. The first-order valence-corrected chi connectivity index (χ1v) is 3.17. The molecule has 0 aromatic carbocycles. The SMILES string of the molecule is C=C(N)/N=C(/C)C=C(C)C. The molecular weight excluding hydrogens is 124 g/mol. The van der Waals surface area contributed by atoms with Crippen molar-refractivity contribution in [2.75, 3.05) is 0 Å². The average Bonchev–Trinajstić information content (AvgIpc) is 1.58. The highest BCUT2D eigenvalue weighted by Crippen LogP contribution is 1.92. The molecule has 0 bridgehead atoms. The fourth-order valence-corrected chi connectivity index (χ4v) is 0.677. The largest absolute Gasteiger partial charge is 0.384 e. The van der Waals surface area contributed by atoms with Crippen LogP contribution >= 0.6 is 0 Å². The van der Waals surface area contributed by atoms with Gasteiger partial charge in [-0.05, 0) is 26.8 Å². The van der Waals surface area contributed by atoms with E-state index in [1.165, 1.54) is 5.57 Å². The number of nitrogens with zero attached hydrogens (tertiary/aromatic N) is 1. The highest BCUT2D eigenvalue weighted by molar-refractivity contribution is 5.93. The van der Waals surface area contributed by atoms with Crippen LogP contribution in [-0.4, -0.2) is 5.71 Å². The highest BCUT2D eigenvalue weighted by atomic mass is 14.9. The Morgan fingerprint density at radius 1 is 1.40 bits per heavy atom. The highest BCUT2D eigenvalue weighted by Gasteiger charge is 1.84. The van der Waals surface area contributed by atoms with E-state index in [1.54, 1.807) is 0 Å². The summed E-state index contributed by atoms with van der Waals surface area (Å²) in [5.74, 6) is 0.356. The Morgan fingerprint density at radius 3 is 2.20 bits per heavy atom. The van der Waals surface area contributed by atoms with Gasteiger partial charge in [-0.3, -0.25) is 0 Å². The van der Waals surface area contributed by atoms with Crippen molar-refractivity contribution in [1.82, 2.24) is 0 Å². The Labute approximate surface area is 62.1 Å². The summed E-state index contributed by atoms with van der Waals surface area (Å²) in [4.78, 5) is 3.94. The molecule has 2 N–H and O–H groups in total. The number of rotatable bonds is 2. The maximum absolute atomic E-state index is 5.26. The zero-order chi connectivity index (χ0) is 8.15. The Hall–Kier alpha value is -1.05. The molecule has 0 saturated heterocycles. The zero-order valence-corrected chi connectivity index (χ0v) is 6.81. The van der Waals surface area contributed by atoms with Gasteiger partial charge >= 0.3 is 0 Å². The Bertz CT molecular complexity index is 183. The van der Waals surface area contributed by atoms with Gasteiger partial charge in [0.05, 0.1) is 0 Å². The molecule has 0 atom stereocenters. The van der Waals surface area contributed by atoms with Gasteiger partial charge in [-0.2, -0.15) is 0 Å². The molecule has 0 rings (SSSR count). The van der Waals surface area contributed by atoms with Crippen molar-refractivity contribution >= 4 is 5.71 Å². The maximum Gasteiger partial charge on any atom is 0.116 e. The van der Waals surface area contributed by atoms with Crippen molar-refractivity contribution in [2.24, 2.45) is 10.7 Å². The fourth-order valence-electron chi connectivity index (χ4n) is 0.677.